The second-order valence-corrected chi connectivity index (χ2v) is 5.00. The Kier molecular flexibility index (Phi) is 5.17. The average molecular weight is 305 g/mol. The van der Waals surface area contributed by atoms with Crippen molar-refractivity contribution in [2.45, 2.75) is 13.5 Å². The zero-order valence-electron chi connectivity index (χ0n) is 12.0. The summed E-state index contributed by atoms with van der Waals surface area (Å²) in [6, 6.07) is 9.29. The molecule has 4 nitrogen and oxygen atoms in total. The minimum Gasteiger partial charge on any atom is -0.494 e. The van der Waals surface area contributed by atoms with Crippen LogP contribution in [-0.2, 0) is 6.54 Å². The number of carbonyl (C=O) groups is 1. The van der Waals surface area contributed by atoms with Gasteiger partial charge in [-0.1, -0.05) is 23.7 Å². The Morgan fingerprint density at radius 2 is 2.00 bits per heavy atom. The first-order valence-electron chi connectivity index (χ1n) is 6.68. The van der Waals surface area contributed by atoms with E-state index in [1.54, 1.807) is 24.2 Å². The zero-order chi connectivity index (χ0) is 15.2. The number of halogens is 1. The first kappa shape index (κ1) is 15.3. The fourth-order valence-electron chi connectivity index (χ4n) is 1.94. The fourth-order valence-corrected chi connectivity index (χ4v) is 2.13. The standard InChI is InChI=1S/C16H17ClN2O2/c1-3-21-13-6-4-12(5-7-13)11-19(2)16(20)14-10-18-9-8-15(14)17/h4-10H,3,11H2,1-2H3. The van der Waals surface area contributed by atoms with E-state index in [0.29, 0.717) is 23.7 Å². The van der Waals surface area contributed by atoms with Crippen molar-refractivity contribution in [2.24, 2.45) is 0 Å². The van der Waals surface area contributed by atoms with Gasteiger partial charge in [0.25, 0.3) is 5.91 Å². The number of hydrogen-bond donors (Lipinski definition) is 0. The van der Waals surface area contributed by atoms with Gasteiger partial charge in [-0.2, -0.15) is 0 Å². The Balaban J connectivity index is 2.05. The smallest absolute Gasteiger partial charge is 0.256 e. The van der Waals surface area contributed by atoms with Crippen molar-refractivity contribution in [2.75, 3.05) is 13.7 Å². The molecular formula is C16H17ClN2O2. The number of rotatable bonds is 5. The molecule has 0 fully saturated rings. The topological polar surface area (TPSA) is 42.4 Å². The van der Waals surface area contributed by atoms with Gasteiger partial charge in [-0.25, -0.2) is 0 Å². The molecule has 0 aliphatic heterocycles. The third kappa shape index (κ3) is 3.95. The van der Waals surface area contributed by atoms with Crippen LogP contribution >= 0.6 is 11.6 Å². The van der Waals surface area contributed by atoms with Crippen molar-refractivity contribution in [3.8, 4) is 5.75 Å². The van der Waals surface area contributed by atoms with Gasteiger partial charge < -0.3 is 9.64 Å². The summed E-state index contributed by atoms with van der Waals surface area (Å²) in [5.41, 5.74) is 1.43. The highest BCUT2D eigenvalue weighted by Gasteiger charge is 2.15. The summed E-state index contributed by atoms with van der Waals surface area (Å²) in [5, 5.41) is 0.411. The summed E-state index contributed by atoms with van der Waals surface area (Å²) in [6.07, 6.45) is 3.05. The Morgan fingerprint density at radius 1 is 1.29 bits per heavy atom. The van der Waals surface area contributed by atoms with Gasteiger partial charge in [-0.15, -0.1) is 0 Å². The third-order valence-electron chi connectivity index (χ3n) is 3.00. The van der Waals surface area contributed by atoms with E-state index in [1.807, 2.05) is 31.2 Å². The molecular weight excluding hydrogens is 288 g/mol. The molecule has 2 rings (SSSR count). The number of ether oxygens (including phenoxy) is 1. The van der Waals surface area contributed by atoms with Crippen molar-refractivity contribution in [1.29, 1.82) is 0 Å². The van der Waals surface area contributed by atoms with Gasteiger partial charge in [-0.05, 0) is 30.7 Å². The maximum absolute atomic E-state index is 12.3. The first-order chi connectivity index (χ1) is 10.1. The van der Waals surface area contributed by atoms with Crippen molar-refractivity contribution < 1.29 is 9.53 Å². The van der Waals surface area contributed by atoms with Crippen LogP contribution in [0.4, 0.5) is 0 Å². The summed E-state index contributed by atoms with van der Waals surface area (Å²) in [4.78, 5) is 17.9. The largest absolute Gasteiger partial charge is 0.494 e. The highest BCUT2D eigenvalue weighted by Crippen LogP contribution is 2.17. The minimum absolute atomic E-state index is 0.151. The molecule has 0 saturated carbocycles. The van der Waals surface area contributed by atoms with E-state index in [9.17, 15) is 4.79 Å². The molecule has 1 heterocycles. The molecule has 1 amide bonds. The number of benzene rings is 1. The van der Waals surface area contributed by atoms with Crippen LogP contribution in [0.5, 0.6) is 5.75 Å². The molecule has 21 heavy (non-hydrogen) atoms. The molecule has 1 aromatic carbocycles. The van der Waals surface area contributed by atoms with Gasteiger partial charge in [0, 0.05) is 26.0 Å². The first-order valence-corrected chi connectivity index (χ1v) is 7.06. The lowest BCUT2D eigenvalue weighted by molar-refractivity contribution is 0.0785. The molecule has 0 aliphatic carbocycles. The van der Waals surface area contributed by atoms with Crippen LogP contribution in [0, 0.1) is 0 Å². The molecule has 0 bridgehead atoms. The van der Waals surface area contributed by atoms with Gasteiger partial charge in [0.2, 0.25) is 0 Å². The van der Waals surface area contributed by atoms with E-state index in [0.717, 1.165) is 11.3 Å². The van der Waals surface area contributed by atoms with Crippen molar-refractivity contribution in [1.82, 2.24) is 9.88 Å². The normalized spacial score (nSPS) is 10.2. The van der Waals surface area contributed by atoms with Crippen LogP contribution in [0.3, 0.4) is 0 Å². The molecule has 0 aliphatic rings. The Morgan fingerprint density at radius 3 is 2.62 bits per heavy atom. The summed E-state index contributed by atoms with van der Waals surface area (Å²) in [7, 11) is 1.74. The van der Waals surface area contributed by atoms with Crippen molar-refractivity contribution in [3.05, 3.63) is 58.9 Å². The van der Waals surface area contributed by atoms with Gasteiger partial charge in [0.15, 0.2) is 0 Å². The molecule has 1 aromatic heterocycles. The molecule has 0 saturated heterocycles. The van der Waals surface area contributed by atoms with E-state index < -0.39 is 0 Å². The van der Waals surface area contributed by atoms with Crippen molar-refractivity contribution in [3.63, 3.8) is 0 Å². The van der Waals surface area contributed by atoms with Crippen molar-refractivity contribution >= 4 is 17.5 Å². The quantitative estimate of drug-likeness (QED) is 0.850. The molecule has 0 N–H and O–H groups in total. The van der Waals surface area contributed by atoms with E-state index in [1.165, 1.54) is 6.20 Å². The molecule has 0 unspecified atom stereocenters. The molecule has 0 spiro atoms. The summed E-state index contributed by atoms with van der Waals surface area (Å²) in [5.74, 6) is 0.674. The maximum Gasteiger partial charge on any atom is 0.256 e. The van der Waals surface area contributed by atoms with E-state index >= 15 is 0 Å². The summed E-state index contributed by atoms with van der Waals surface area (Å²) < 4.78 is 5.39. The van der Waals surface area contributed by atoms with Crippen LogP contribution in [-0.4, -0.2) is 29.4 Å². The predicted molar refractivity (Wildman–Crippen MR) is 82.7 cm³/mol. The average Bonchev–Trinajstić information content (AvgIpc) is 2.49. The van der Waals surface area contributed by atoms with Crippen LogP contribution in [0.15, 0.2) is 42.7 Å². The number of nitrogens with zero attached hydrogens (tertiary/aromatic N) is 2. The summed E-state index contributed by atoms with van der Waals surface area (Å²) in [6.45, 7) is 3.08. The molecule has 5 heteroatoms. The molecule has 0 radical (unpaired) electrons. The van der Waals surface area contributed by atoms with E-state index in [4.69, 9.17) is 16.3 Å². The number of aromatic nitrogens is 1. The number of carbonyl (C=O) groups excluding carboxylic acids is 1. The van der Waals surface area contributed by atoms with Crippen LogP contribution in [0.2, 0.25) is 5.02 Å². The van der Waals surface area contributed by atoms with Crippen LogP contribution in [0.25, 0.3) is 0 Å². The molecule has 110 valence electrons. The highest BCUT2D eigenvalue weighted by molar-refractivity contribution is 6.33. The molecule has 2 aromatic rings. The van der Waals surface area contributed by atoms with Gasteiger partial charge in [0.1, 0.15) is 5.75 Å². The van der Waals surface area contributed by atoms with Gasteiger partial charge >= 0.3 is 0 Å². The second-order valence-electron chi connectivity index (χ2n) is 4.59. The van der Waals surface area contributed by atoms with Gasteiger partial charge in [0.05, 0.1) is 17.2 Å². The van der Waals surface area contributed by atoms with E-state index in [2.05, 4.69) is 4.98 Å². The predicted octanol–water partition coefficient (Wildman–Crippen LogP) is 3.41. The number of amides is 1. The Bertz CT molecular complexity index is 614. The maximum atomic E-state index is 12.3. The summed E-state index contributed by atoms with van der Waals surface area (Å²) >= 11 is 6.02. The van der Waals surface area contributed by atoms with Gasteiger partial charge in [-0.3, -0.25) is 9.78 Å². The Hall–Kier alpha value is -2.07. The Labute approximate surface area is 129 Å². The third-order valence-corrected chi connectivity index (χ3v) is 3.33. The number of hydrogen-bond acceptors (Lipinski definition) is 3. The minimum atomic E-state index is -0.151. The highest BCUT2D eigenvalue weighted by atomic mass is 35.5. The lowest BCUT2D eigenvalue weighted by atomic mass is 10.2. The fraction of sp³-hybridized carbons (Fsp3) is 0.250. The van der Waals surface area contributed by atoms with Crippen LogP contribution in [0.1, 0.15) is 22.8 Å². The second kappa shape index (κ2) is 7.09. The lowest BCUT2D eigenvalue weighted by Gasteiger charge is -2.18. The molecule has 0 atom stereocenters. The van der Waals surface area contributed by atoms with E-state index in [-0.39, 0.29) is 5.91 Å². The lowest BCUT2D eigenvalue weighted by Crippen LogP contribution is -2.26. The van der Waals surface area contributed by atoms with Crippen LogP contribution < -0.4 is 4.74 Å². The zero-order valence-corrected chi connectivity index (χ0v) is 12.8. The SMILES string of the molecule is CCOc1ccc(CN(C)C(=O)c2cnccc2Cl)cc1. The number of pyridine rings is 1. The monoisotopic (exact) mass is 304 g/mol.